The molecule has 2 aromatic carbocycles. The number of amides is 2. The number of rotatable bonds is 6. The van der Waals surface area contributed by atoms with Crippen LogP contribution in [0.2, 0.25) is 0 Å². The van der Waals surface area contributed by atoms with Gasteiger partial charge < -0.3 is 15.3 Å². The van der Waals surface area contributed by atoms with Gasteiger partial charge in [-0.05, 0) is 105 Å². The summed E-state index contributed by atoms with van der Waals surface area (Å²) in [5, 5.41) is 13.0. The monoisotopic (exact) mass is 514 g/mol. The van der Waals surface area contributed by atoms with Gasteiger partial charge in [-0.25, -0.2) is 17.6 Å². The van der Waals surface area contributed by atoms with Crippen LogP contribution in [-0.2, 0) is 28.3 Å². The summed E-state index contributed by atoms with van der Waals surface area (Å²) in [6, 6.07) is 12.4. The molecule has 36 heavy (non-hydrogen) atoms. The number of carbonyl (C=O) groups is 1. The molecule has 6 rings (SSSR count). The molecule has 3 aliphatic carbocycles. The predicted molar refractivity (Wildman–Crippen MR) is 138 cm³/mol. The minimum absolute atomic E-state index is 0.0171. The van der Waals surface area contributed by atoms with Crippen molar-refractivity contribution < 1.29 is 22.7 Å². The van der Waals surface area contributed by atoms with Gasteiger partial charge in [0.1, 0.15) is 5.82 Å². The van der Waals surface area contributed by atoms with Crippen LogP contribution in [0.1, 0.15) is 75.5 Å². The third-order valence-corrected chi connectivity index (χ3v) is 11.4. The molecule has 2 N–H and O–H groups in total. The Hall–Kier alpha value is -2.45. The number of sulfone groups is 1. The van der Waals surface area contributed by atoms with Crippen LogP contribution in [-0.4, -0.2) is 40.6 Å². The number of benzene rings is 2. The summed E-state index contributed by atoms with van der Waals surface area (Å²) in [5.41, 5.74) is 2.71. The van der Waals surface area contributed by atoms with Crippen molar-refractivity contribution in [1.82, 2.24) is 4.90 Å². The fraction of sp³-hybridized carbons (Fsp3) is 0.536. The minimum Gasteiger partial charge on any atom is -0.390 e. The second-order valence-electron chi connectivity index (χ2n) is 11.6. The van der Waals surface area contributed by atoms with Crippen molar-refractivity contribution in [1.29, 1.82) is 0 Å². The minimum atomic E-state index is -3.28. The SMILES string of the molecule is CC(C)(O)CCS(=O)(=O)C12CCC(c3ccc(NC(=O)N4Cc5ccc(F)cc5C4)cc3)(CC1)CC2. The number of nitrogens with one attached hydrogen (secondary N) is 1. The Balaban J connectivity index is 1.21. The standard InChI is InChI=1S/C28H35FN2O4S/c1-26(2,33)15-16-36(34,35)28-12-9-27(10-13-28,11-14-28)22-4-7-24(8-5-22)30-25(32)31-18-20-3-6-23(29)17-21(20)19-31/h3-8,17,33H,9-16,18-19H2,1-2H3,(H,30,32). The topological polar surface area (TPSA) is 86.7 Å². The highest BCUT2D eigenvalue weighted by atomic mass is 32.2. The molecule has 3 fully saturated rings. The normalized spacial score (nSPS) is 25.6. The molecule has 1 heterocycles. The molecular weight excluding hydrogens is 479 g/mol. The molecule has 2 amide bonds. The van der Waals surface area contributed by atoms with E-state index in [1.807, 2.05) is 12.1 Å². The van der Waals surface area contributed by atoms with Crippen LogP contribution < -0.4 is 5.32 Å². The molecule has 194 valence electrons. The van der Waals surface area contributed by atoms with E-state index < -0.39 is 20.2 Å². The van der Waals surface area contributed by atoms with E-state index in [4.69, 9.17) is 0 Å². The highest BCUT2D eigenvalue weighted by Crippen LogP contribution is 2.56. The van der Waals surface area contributed by atoms with Crippen LogP contribution in [0.3, 0.4) is 0 Å². The van der Waals surface area contributed by atoms with Gasteiger partial charge in [0.2, 0.25) is 0 Å². The molecule has 0 unspecified atom stereocenters. The maximum atomic E-state index is 13.5. The molecule has 3 saturated carbocycles. The third-order valence-electron chi connectivity index (χ3n) is 8.75. The summed E-state index contributed by atoms with van der Waals surface area (Å²) in [5.74, 6) is -0.255. The molecule has 0 atom stereocenters. The molecule has 6 nitrogen and oxygen atoms in total. The molecule has 0 aromatic heterocycles. The number of anilines is 1. The van der Waals surface area contributed by atoms with Gasteiger partial charge in [-0.1, -0.05) is 18.2 Å². The number of carbonyl (C=O) groups excluding carboxylic acids is 1. The van der Waals surface area contributed by atoms with E-state index in [0.29, 0.717) is 38.0 Å². The number of aliphatic hydroxyl groups is 1. The summed E-state index contributed by atoms with van der Waals surface area (Å²) in [6.45, 7) is 4.16. The van der Waals surface area contributed by atoms with Crippen LogP contribution in [0, 0.1) is 5.82 Å². The van der Waals surface area contributed by atoms with Crippen molar-refractivity contribution in [2.24, 2.45) is 0 Å². The number of nitrogens with zero attached hydrogens (tertiary/aromatic N) is 1. The van der Waals surface area contributed by atoms with Gasteiger partial charge in [-0.3, -0.25) is 0 Å². The summed E-state index contributed by atoms with van der Waals surface area (Å²) in [4.78, 5) is 14.4. The summed E-state index contributed by atoms with van der Waals surface area (Å²) in [7, 11) is -3.28. The van der Waals surface area contributed by atoms with E-state index in [2.05, 4.69) is 17.4 Å². The van der Waals surface area contributed by atoms with E-state index in [1.165, 1.54) is 17.7 Å². The van der Waals surface area contributed by atoms with Crippen molar-refractivity contribution in [3.8, 4) is 0 Å². The average Bonchev–Trinajstić information content (AvgIpc) is 3.27. The van der Waals surface area contributed by atoms with Crippen LogP contribution in [0.5, 0.6) is 0 Å². The molecule has 2 bridgehead atoms. The van der Waals surface area contributed by atoms with E-state index in [0.717, 1.165) is 30.4 Å². The number of urea groups is 1. The van der Waals surface area contributed by atoms with Crippen molar-refractivity contribution in [2.45, 2.75) is 87.6 Å². The maximum absolute atomic E-state index is 13.5. The molecule has 2 aromatic rings. The average molecular weight is 515 g/mol. The van der Waals surface area contributed by atoms with Gasteiger partial charge in [-0.15, -0.1) is 0 Å². The summed E-state index contributed by atoms with van der Waals surface area (Å²) in [6.07, 6.45) is 4.76. The van der Waals surface area contributed by atoms with Gasteiger partial charge in [0.05, 0.1) is 16.1 Å². The lowest BCUT2D eigenvalue weighted by Crippen LogP contribution is -2.53. The molecule has 0 radical (unpaired) electrons. The van der Waals surface area contributed by atoms with Gasteiger partial charge in [0.25, 0.3) is 0 Å². The van der Waals surface area contributed by atoms with Gasteiger partial charge in [0.15, 0.2) is 9.84 Å². The van der Waals surface area contributed by atoms with E-state index in [1.54, 1.807) is 24.8 Å². The lowest BCUT2D eigenvalue weighted by atomic mass is 9.57. The van der Waals surface area contributed by atoms with E-state index in [9.17, 15) is 22.7 Å². The number of fused-ring (bicyclic) bond motifs is 4. The first-order chi connectivity index (χ1) is 16.9. The third kappa shape index (κ3) is 4.65. The molecule has 0 spiro atoms. The lowest BCUT2D eigenvalue weighted by Gasteiger charge is -2.53. The fourth-order valence-electron chi connectivity index (χ4n) is 6.27. The number of hydrogen-bond acceptors (Lipinski definition) is 4. The van der Waals surface area contributed by atoms with Crippen molar-refractivity contribution in [2.75, 3.05) is 11.1 Å². The summed E-state index contributed by atoms with van der Waals surface area (Å²) >= 11 is 0. The van der Waals surface area contributed by atoms with Crippen LogP contribution >= 0.6 is 0 Å². The van der Waals surface area contributed by atoms with Gasteiger partial charge >= 0.3 is 6.03 Å². The molecule has 0 saturated heterocycles. The van der Waals surface area contributed by atoms with Crippen molar-refractivity contribution >= 4 is 21.6 Å². The second kappa shape index (κ2) is 8.84. The van der Waals surface area contributed by atoms with Gasteiger partial charge in [-0.2, -0.15) is 0 Å². The smallest absolute Gasteiger partial charge is 0.322 e. The van der Waals surface area contributed by atoms with Crippen molar-refractivity contribution in [3.05, 3.63) is 65.0 Å². The number of hydrogen-bond donors (Lipinski definition) is 2. The predicted octanol–water partition coefficient (Wildman–Crippen LogP) is 5.29. The molecular formula is C28H35FN2O4S. The van der Waals surface area contributed by atoms with Crippen LogP contribution in [0.4, 0.5) is 14.9 Å². The zero-order valence-electron chi connectivity index (χ0n) is 21.0. The highest BCUT2D eigenvalue weighted by Gasteiger charge is 2.55. The Morgan fingerprint density at radius 2 is 1.61 bits per heavy atom. The molecule has 4 aliphatic rings. The zero-order valence-corrected chi connectivity index (χ0v) is 21.8. The first-order valence-corrected chi connectivity index (χ1v) is 14.4. The molecule has 8 heteroatoms. The zero-order chi connectivity index (χ0) is 25.8. The molecule has 1 aliphatic heterocycles. The van der Waals surface area contributed by atoms with Gasteiger partial charge in [0, 0.05) is 18.8 Å². The Kier molecular flexibility index (Phi) is 6.19. The first kappa shape index (κ1) is 25.2. The Labute approximate surface area is 212 Å². The lowest BCUT2D eigenvalue weighted by molar-refractivity contribution is 0.0766. The van der Waals surface area contributed by atoms with Crippen LogP contribution in [0.15, 0.2) is 42.5 Å². The highest BCUT2D eigenvalue weighted by molar-refractivity contribution is 7.92. The van der Waals surface area contributed by atoms with E-state index in [-0.39, 0.29) is 29.4 Å². The quantitative estimate of drug-likeness (QED) is 0.548. The van der Waals surface area contributed by atoms with E-state index >= 15 is 0 Å². The fourth-order valence-corrected chi connectivity index (χ4v) is 8.71. The number of halogens is 1. The van der Waals surface area contributed by atoms with Crippen molar-refractivity contribution in [3.63, 3.8) is 0 Å². The van der Waals surface area contributed by atoms with Crippen LogP contribution in [0.25, 0.3) is 0 Å². The summed E-state index contributed by atoms with van der Waals surface area (Å²) < 4.78 is 39.3. The second-order valence-corrected chi connectivity index (χ2v) is 14.1. The maximum Gasteiger partial charge on any atom is 0.322 e. The Morgan fingerprint density at radius 3 is 2.22 bits per heavy atom. The largest absolute Gasteiger partial charge is 0.390 e. The Morgan fingerprint density at radius 1 is 1.00 bits per heavy atom. The Bertz CT molecular complexity index is 1240. The first-order valence-electron chi connectivity index (χ1n) is 12.8.